The topological polar surface area (TPSA) is 84.5 Å². The molecule has 1 N–H and O–H groups in total. The van der Waals surface area contributed by atoms with E-state index in [0.29, 0.717) is 12.2 Å². The molecule has 3 aromatic rings. The molecule has 0 spiro atoms. The van der Waals surface area contributed by atoms with Crippen LogP contribution in [0.15, 0.2) is 72.1 Å². The van der Waals surface area contributed by atoms with Gasteiger partial charge >= 0.3 is 5.97 Å². The largest absolute Gasteiger partial charge is 0.462 e. The molecule has 0 atom stereocenters. The molecule has 0 radical (unpaired) electrons. The number of Topliss-reactive ketones (excluding diaryl/α,β-unsaturated/α-hetero) is 1. The molecule has 0 saturated carbocycles. The van der Waals surface area contributed by atoms with Gasteiger partial charge in [0, 0.05) is 36.9 Å². The van der Waals surface area contributed by atoms with E-state index in [4.69, 9.17) is 9.47 Å². The number of allylic oxidation sites excluding steroid dienone is 1. The van der Waals surface area contributed by atoms with E-state index >= 15 is 0 Å². The van der Waals surface area contributed by atoms with Crippen molar-refractivity contribution in [3.63, 3.8) is 0 Å². The first-order valence-corrected chi connectivity index (χ1v) is 9.61. The van der Waals surface area contributed by atoms with Gasteiger partial charge in [0.25, 0.3) is 0 Å². The Morgan fingerprint density at radius 2 is 2.03 bits per heavy atom. The Morgan fingerprint density at radius 3 is 2.80 bits per heavy atom. The third kappa shape index (κ3) is 3.69. The molecule has 152 valence electrons. The molecule has 7 heteroatoms. The highest BCUT2D eigenvalue weighted by Gasteiger charge is 2.38. The minimum atomic E-state index is -0.693. The number of nitrogens with zero attached hydrogens (tertiary/aromatic N) is 2. The van der Waals surface area contributed by atoms with Crippen LogP contribution in [-0.4, -0.2) is 40.3 Å². The van der Waals surface area contributed by atoms with Gasteiger partial charge in [0.15, 0.2) is 11.3 Å². The summed E-state index contributed by atoms with van der Waals surface area (Å²) >= 11 is 0. The van der Waals surface area contributed by atoms with Gasteiger partial charge in [-0.15, -0.1) is 0 Å². The number of esters is 1. The van der Waals surface area contributed by atoms with Gasteiger partial charge in [0.05, 0.1) is 6.61 Å². The molecule has 0 unspecified atom stereocenters. The van der Waals surface area contributed by atoms with Crippen LogP contribution >= 0.6 is 0 Å². The molecule has 1 aliphatic heterocycles. The second-order valence-corrected chi connectivity index (χ2v) is 6.83. The predicted molar refractivity (Wildman–Crippen MR) is 112 cm³/mol. The van der Waals surface area contributed by atoms with Crippen molar-refractivity contribution in [2.45, 2.75) is 13.5 Å². The van der Waals surface area contributed by atoms with Crippen molar-refractivity contribution < 1.29 is 19.1 Å². The van der Waals surface area contributed by atoms with Crippen LogP contribution in [0.4, 0.5) is 0 Å². The number of fused-ring (bicyclic) bond motifs is 1. The van der Waals surface area contributed by atoms with Crippen molar-refractivity contribution >= 4 is 28.9 Å². The number of H-pyrrole nitrogens is 1. The van der Waals surface area contributed by atoms with Crippen LogP contribution in [0, 0.1) is 0 Å². The first kappa shape index (κ1) is 19.4. The zero-order valence-corrected chi connectivity index (χ0v) is 16.7. The summed E-state index contributed by atoms with van der Waals surface area (Å²) in [6.07, 6.45) is 5.05. The maximum Gasteiger partial charge on any atom is 0.347 e. The summed E-state index contributed by atoms with van der Waals surface area (Å²) in [5, 5.41) is 0.852. The fraction of sp³-hybridized carbons (Fsp3) is 0.174. The zero-order valence-electron chi connectivity index (χ0n) is 16.7. The summed E-state index contributed by atoms with van der Waals surface area (Å²) in [4.78, 5) is 34.6. The number of hydrogen-bond donors (Lipinski definition) is 1. The maximum absolute atomic E-state index is 13.0. The van der Waals surface area contributed by atoms with Gasteiger partial charge in [-0.1, -0.05) is 30.3 Å². The number of ketones is 1. The van der Waals surface area contributed by atoms with Crippen LogP contribution in [0.3, 0.4) is 0 Å². The fourth-order valence-corrected chi connectivity index (χ4v) is 3.34. The lowest BCUT2D eigenvalue weighted by atomic mass is 10.1. The molecule has 0 saturated heterocycles. The monoisotopic (exact) mass is 403 g/mol. The van der Waals surface area contributed by atoms with E-state index in [1.807, 2.05) is 42.5 Å². The standard InChI is InChI=1S/C23H21N3O4/c1-3-29-23(28)19-20(27)18(12-16-13-25-21-17(16)10-7-11-24-21)30-22(19)26(2)14-15-8-5-4-6-9-15/h4-13H,3,14H2,1-2H3,(H,24,25). The second kappa shape index (κ2) is 8.24. The van der Waals surface area contributed by atoms with Crippen LogP contribution in [0.2, 0.25) is 0 Å². The lowest BCUT2D eigenvalue weighted by Crippen LogP contribution is -2.22. The van der Waals surface area contributed by atoms with Crippen LogP contribution in [0.25, 0.3) is 17.1 Å². The molecule has 30 heavy (non-hydrogen) atoms. The minimum Gasteiger partial charge on any atom is -0.462 e. The number of aromatic nitrogens is 2. The van der Waals surface area contributed by atoms with Crippen molar-refractivity contribution in [3.8, 4) is 0 Å². The van der Waals surface area contributed by atoms with E-state index < -0.39 is 11.8 Å². The van der Waals surface area contributed by atoms with Crippen molar-refractivity contribution in [1.82, 2.24) is 14.9 Å². The Morgan fingerprint density at radius 1 is 1.23 bits per heavy atom. The highest BCUT2D eigenvalue weighted by atomic mass is 16.5. The van der Waals surface area contributed by atoms with Crippen molar-refractivity contribution in [2.75, 3.05) is 13.7 Å². The normalized spacial score (nSPS) is 15.0. The average Bonchev–Trinajstić information content (AvgIpc) is 3.31. The Labute approximate surface area is 173 Å². The van der Waals surface area contributed by atoms with Gasteiger partial charge in [0.2, 0.25) is 11.7 Å². The lowest BCUT2D eigenvalue weighted by Gasteiger charge is -2.20. The molecule has 0 amide bonds. The number of ether oxygens (including phenoxy) is 2. The molecule has 0 fully saturated rings. The highest BCUT2D eigenvalue weighted by molar-refractivity contribution is 6.26. The van der Waals surface area contributed by atoms with Crippen LogP contribution in [0.1, 0.15) is 18.1 Å². The van der Waals surface area contributed by atoms with Gasteiger partial charge in [-0.05, 0) is 30.7 Å². The van der Waals surface area contributed by atoms with E-state index in [2.05, 4.69) is 9.97 Å². The first-order chi connectivity index (χ1) is 14.6. The molecule has 7 nitrogen and oxygen atoms in total. The summed E-state index contributed by atoms with van der Waals surface area (Å²) in [7, 11) is 1.77. The number of carbonyl (C=O) groups is 2. The number of rotatable bonds is 6. The third-order valence-corrected chi connectivity index (χ3v) is 4.73. The summed E-state index contributed by atoms with van der Waals surface area (Å²) in [6.45, 7) is 2.33. The van der Waals surface area contributed by atoms with Crippen LogP contribution in [0.5, 0.6) is 0 Å². The number of carbonyl (C=O) groups excluding carboxylic acids is 2. The average molecular weight is 403 g/mol. The smallest absolute Gasteiger partial charge is 0.347 e. The van der Waals surface area contributed by atoms with Gasteiger partial charge in [0.1, 0.15) is 5.65 Å². The minimum absolute atomic E-state index is 0.0673. The van der Waals surface area contributed by atoms with Gasteiger partial charge in [-0.3, -0.25) is 4.79 Å². The van der Waals surface area contributed by atoms with Crippen molar-refractivity contribution in [2.24, 2.45) is 0 Å². The van der Waals surface area contributed by atoms with E-state index in [1.54, 1.807) is 37.3 Å². The van der Waals surface area contributed by atoms with Gasteiger partial charge < -0.3 is 19.4 Å². The molecular weight excluding hydrogens is 382 g/mol. The van der Waals surface area contributed by atoms with Gasteiger partial charge in [-0.25, -0.2) is 9.78 Å². The zero-order chi connectivity index (χ0) is 21.1. The SMILES string of the molecule is CCOC(=O)C1=C(N(C)Cc2ccccc2)OC(=Cc2c[nH]c3ncccc23)C1=O. The summed E-state index contributed by atoms with van der Waals surface area (Å²) in [5.74, 6) is -0.938. The lowest BCUT2D eigenvalue weighted by molar-refractivity contribution is -0.139. The van der Waals surface area contributed by atoms with E-state index in [1.165, 1.54) is 0 Å². The molecule has 3 heterocycles. The molecular formula is C23H21N3O4. The van der Waals surface area contributed by atoms with Gasteiger partial charge in [-0.2, -0.15) is 0 Å². The van der Waals surface area contributed by atoms with E-state index in [0.717, 1.165) is 16.5 Å². The maximum atomic E-state index is 13.0. The van der Waals surface area contributed by atoms with E-state index in [9.17, 15) is 9.59 Å². The Balaban J connectivity index is 1.68. The quantitative estimate of drug-likeness (QED) is 0.386. The fourth-order valence-electron chi connectivity index (χ4n) is 3.34. The summed E-state index contributed by atoms with van der Waals surface area (Å²) in [6, 6.07) is 13.4. The van der Waals surface area contributed by atoms with E-state index in [-0.39, 0.29) is 23.8 Å². The number of aromatic amines is 1. The first-order valence-electron chi connectivity index (χ1n) is 9.61. The predicted octanol–water partition coefficient (Wildman–Crippen LogP) is 3.41. The van der Waals surface area contributed by atoms with Crippen molar-refractivity contribution in [1.29, 1.82) is 0 Å². The second-order valence-electron chi connectivity index (χ2n) is 6.83. The molecule has 2 aromatic heterocycles. The van der Waals surface area contributed by atoms with Crippen LogP contribution < -0.4 is 0 Å². The Kier molecular flexibility index (Phi) is 5.34. The molecule has 0 aliphatic carbocycles. The highest BCUT2D eigenvalue weighted by Crippen LogP contribution is 2.31. The summed E-state index contributed by atoms with van der Waals surface area (Å²) < 4.78 is 11.0. The summed E-state index contributed by atoms with van der Waals surface area (Å²) in [5.41, 5.74) is 2.37. The number of hydrogen-bond acceptors (Lipinski definition) is 6. The Hall–Kier alpha value is -3.87. The van der Waals surface area contributed by atoms with Crippen molar-refractivity contribution in [3.05, 3.63) is 83.2 Å². The Bertz CT molecular complexity index is 1160. The van der Waals surface area contributed by atoms with Crippen LogP contribution in [-0.2, 0) is 25.6 Å². The molecule has 1 aliphatic rings. The third-order valence-electron chi connectivity index (χ3n) is 4.73. The molecule has 1 aromatic carbocycles. The molecule has 0 bridgehead atoms. The number of pyridine rings is 1. The number of benzene rings is 1. The number of nitrogens with one attached hydrogen (secondary N) is 1. The molecule has 4 rings (SSSR count).